The Bertz CT molecular complexity index is 488. The van der Waals surface area contributed by atoms with E-state index in [4.69, 9.17) is 0 Å². The summed E-state index contributed by atoms with van der Waals surface area (Å²) in [5, 5.41) is 11.8. The molecule has 0 spiro atoms. The molecule has 1 unspecified atom stereocenters. The summed E-state index contributed by atoms with van der Waals surface area (Å²) in [6.07, 6.45) is 2.27. The van der Waals surface area contributed by atoms with Gasteiger partial charge in [0.15, 0.2) is 0 Å². The monoisotopic (exact) mass is 311 g/mol. The Morgan fingerprint density at radius 3 is 2.90 bits per heavy atom. The molecule has 7 heteroatoms. The number of nitrogens with zero attached hydrogens (tertiary/aromatic N) is 1. The van der Waals surface area contributed by atoms with Crippen LogP contribution in [0.3, 0.4) is 0 Å². The second-order valence-corrected chi connectivity index (χ2v) is 6.55. The lowest BCUT2D eigenvalue weighted by Gasteiger charge is -2.22. The summed E-state index contributed by atoms with van der Waals surface area (Å²) in [5.41, 5.74) is 4.19. The van der Waals surface area contributed by atoms with Gasteiger partial charge in [-0.1, -0.05) is 6.07 Å². The predicted octanol–water partition coefficient (Wildman–Crippen LogP) is 0.746. The van der Waals surface area contributed by atoms with Gasteiger partial charge < -0.3 is 5.11 Å². The van der Waals surface area contributed by atoms with Crippen molar-refractivity contribution in [3.8, 4) is 0 Å². The van der Waals surface area contributed by atoms with Crippen molar-refractivity contribution in [1.82, 2.24) is 15.8 Å². The molecule has 2 rings (SSSR count). The van der Waals surface area contributed by atoms with Crippen molar-refractivity contribution < 1.29 is 14.7 Å². The van der Waals surface area contributed by atoms with Gasteiger partial charge in [0.05, 0.1) is 17.0 Å². The standard InChI is InChI=1S/C14H21N3O3S/c1-14(20)5-3-7-17(8-6-14)10-12(18)15-16-13(19)11-4-2-9-21-11/h2,4,9,20H,3,5-8,10H2,1H3,(H,15,18)(H,16,19). The number of nitrogens with one attached hydrogen (secondary N) is 2. The van der Waals surface area contributed by atoms with Crippen LogP contribution in [0.4, 0.5) is 0 Å². The molecule has 0 radical (unpaired) electrons. The molecule has 1 aliphatic rings. The van der Waals surface area contributed by atoms with Crippen molar-refractivity contribution in [1.29, 1.82) is 0 Å². The van der Waals surface area contributed by atoms with Gasteiger partial charge in [-0.15, -0.1) is 11.3 Å². The van der Waals surface area contributed by atoms with Crippen LogP contribution in [0.2, 0.25) is 0 Å². The van der Waals surface area contributed by atoms with E-state index < -0.39 is 5.60 Å². The number of carbonyl (C=O) groups is 2. The van der Waals surface area contributed by atoms with Crippen LogP contribution in [-0.2, 0) is 4.79 Å². The molecule has 6 nitrogen and oxygen atoms in total. The van der Waals surface area contributed by atoms with Crippen molar-refractivity contribution in [2.45, 2.75) is 31.8 Å². The number of amides is 2. The molecule has 21 heavy (non-hydrogen) atoms. The second kappa shape index (κ2) is 7.02. The van der Waals surface area contributed by atoms with Gasteiger partial charge in [-0.25, -0.2) is 0 Å². The summed E-state index contributed by atoms with van der Waals surface area (Å²) in [5.74, 6) is -0.557. The molecule has 1 saturated heterocycles. The van der Waals surface area contributed by atoms with Crippen LogP contribution in [-0.4, -0.2) is 47.1 Å². The van der Waals surface area contributed by atoms with Crippen molar-refractivity contribution in [2.24, 2.45) is 0 Å². The zero-order valence-electron chi connectivity index (χ0n) is 12.1. The van der Waals surface area contributed by atoms with Gasteiger partial charge in [0.2, 0.25) is 0 Å². The molecule has 1 fully saturated rings. The van der Waals surface area contributed by atoms with E-state index in [-0.39, 0.29) is 18.4 Å². The first-order chi connectivity index (χ1) is 9.96. The molecule has 2 amide bonds. The largest absolute Gasteiger partial charge is 0.390 e. The van der Waals surface area contributed by atoms with Crippen LogP contribution in [0.15, 0.2) is 17.5 Å². The lowest BCUT2D eigenvalue weighted by molar-refractivity contribution is -0.123. The zero-order valence-corrected chi connectivity index (χ0v) is 12.9. The number of thiophene rings is 1. The van der Waals surface area contributed by atoms with E-state index in [1.807, 2.05) is 11.8 Å². The Morgan fingerprint density at radius 1 is 1.38 bits per heavy atom. The number of hydrogen-bond donors (Lipinski definition) is 3. The van der Waals surface area contributed by atoms with Crippen LogP contribution >= 0.6 is 11.3 Å². The van der Waals surface area contributed by atoms with Gasteiger partial charge in [0, 0.05) is 6.54 Å². The Kier molecular flexibility index (Phi) is 5.33. The summed E-state index contributed by atoms with van der Waals surface area (Å²) >= 11 is 1.32. The summed E-state index contributed by atoms with van der Waals surface area (Å²) in [4.78, 5) is 26.1. The van der Waals surface area contributed by atoms with Crippen molar-refractivity contribution in [3.63, 3.8) is 0 Å². The van der Waals surface area contributed by atoms with E-state index in [1.54, 1.807) is 17.5 Å². The van der Waals surface area contributed by atoms with Gasteiger partial charge in [-0.05, 0) is 44.2 Å². The average Bonchev–Trinajstić information content (AvgIpc) is 2.90. The molecular weight excluding hydrogens is 290 g/mol. The minimum Gasteiger partial charge on any atom is -0.390 e. The number of aliphatic hydroxyl groups is 1. The van der Waals surface area contributed by atoms with E-state index in [0.29, 0.717) is 17.8 Å². The van der Waals surface area contributed by atoms with Crippen molar-refractivity contribution >= 4 is 23.2 Å². The number of hydrazine groups is 1. The lowest BCUT2D eigenvalue weighted by Crippen LogP contribution is -2.46. The molecule has 0 aliphatic carbocycles. The molecule has 116 valence electrons. The summed E-state index contributed by atoms with van der Waals surface area (Å²) in [7, 11) is 0. The van der Waals surface area contributed by atoms with Crippen LogP contribution in [0.25, 0.3) is 0 Å². The fourth-order valence-corrected chi connectivity index (χ4v) is 2.93. The minimum atomic E-state index is -0.640. The highest BCUT2D eigenvalue weighted by atomic mass is 32.1. The highest BCUT2D eigenvalue weighted by Crippen LogP contribution is 2.20. The highest BCUT2D eigenvalue weighted by molar-refractivity contribution is 7.12. The van der Waals surface area contributed by atoms with E-state index in [0.717, 1.165) is 19.4 Å². The molecule has 0 saturated carbocycles. The van der Waals surface area contributed by atoms with Gasteiger partial charge >= 0.3 is 0 Å². The first-order valence-electron chi connectivity index (χ1n) is 7.04. The Hall–Kier alpha value is -1.44. The van der Waals surface area contributed by atoms with Crippen LogP contribution in [0.5, 0.6) is 0 Å². The lowest BCUT2D eigenvalue weighted by atomic mass is 9.98. The Labute approximate surface area is 128 Å². The third-order valence-corrected chi connectivity index (χ3v) is 4.45. The average molecular weight is 311 g/mol. The molecule has 2 heterocycles. The smallest absolute Gasteiger partial charge is 0.279 e. The molecule has 1 aliphatic heterocycles. The van der Waals surface area contributed by atoms with Crippen molar-refractivity contribution in [3.05, 3.63) is 22.4 Å². The normalized spacial score (nSPS) is 23.3. The second-order valence-electron chi connectivity index (χ2n) is 5.61. The van der Waals surface area contributed by atoms with E-state index in [1.165, 1.54) is 11.3 Å². The van der Waals surface area contributed by atoms with Crippen LogP contribution in [0.1, 0.15) is 35.9 Å². The van der Waals surface area contributed by atoms with Crippen molar-refractivity contribution in [2.75, 3.05) is 19.6 Å². The van der Waals surface area contributed by atoms with E-state index >= 15 is 0 Å². The third kappa shape index (κ3) is 5.11. The quantitative estimate of drug-likeness (QED) is 0.719. The number of hydrogen-bond acceptors (Lipinski definition) is 5. The Morgan fingerprint density at radius 2 is 2.19 bits per heavy atom. The number of carbonyl (C=O) groups excluding carboxylic acids is 2. The molecular formula is C14H21N3O3S. The summed E-state index contributed by atoms with van der Waals surface area (Å²) in [6.45, 7) is 3.51. The van der Waals surface area contributed by atoms with Gasteiger partial charge in [0.1, 0.15) is 0 Å². The molecule has 0 aromatic carbocycles. The summed E-state index contributed by atoms with van der Waals surface area (Å²) in [6, 6.07) is 3.48. The predicted molar refractivity (Wildman–Crippen MR) is 80.8 cm³/mol. The maximum atomic E-state index is 11.8. The van der Waals surface area contributed by atoms with Gasteiger partial charge in [0.25, 0.3) is 11.8 Å². The maximum absolute atomic E-state index is 11.8. The van der Waals surface area contributed by atoms with Crippen LogP contribution < -0.4 is 10.9 Å². The van der Waals surface area contributed by atoms with Crippen LogP contribution in [0, 0.1) is 0 Å². The fourth-order valence-electron chi connectivity index (χ4n) is 2.32. The summed E-state index contributed by atoms with van der Waals surface area (Å²) < 4.78 is 0. The van der Waals surface area contributed by atoms with E-state index in [9.17, 15) is 14.7 Å². The fraction of sp³-hybridized carbons (Fsp3) is 0.571. The van der Waals surface area contributed by atoms with Gasteiger partial charge in [-0.3, -0.25) is 25.3 Å². The topological polar surface area (TPSA) is 81.7 Å². The number of likely N-dealkylation sites (tertiary alicyclic amines) is 1. The van der Waals surface area contributed by atoms with Gasteiger partial charge in [-0.2, -0.15) is 0 Å². The highest BCUT2D eigenvalue weighted by Gasteiger charge is 2.25. The molecule has 1 aromatic heterocycles. The zero-order chi connectivity index (χ0) is 15.3. The Balaban J connectivity index is 1.73. The number of rotatable bonds is 3. The first-order valence-corrected chi connectivity index (χ1v) is 7.92. The molecule has 1 aromatic rings. The molecule has 0 bridgehead atoms. The minimum absolute atomic E-state index is 0.223. The third-order valence-electron chi connectivity index (χ3n) is 3.58. The maximum Gasteiger partial charge on any atom is 0.279 e. The van der Waals surface area contributed by atoms with E-state index in [2.05, 4.69) is 10.9 Å². The molecule has 3 N–H and O–H groups in total. The SMILES string of the molecule is CC1(O)CCCN(CC(=O)NNC(=O)c2cccs2)CC1. The molecule has 1 atom stereocenters. The first kappa shape index (κ1) is 15.9.